The Balaban J connectivity index is 0.000000561. The molecule has 0 aliphatic heterocycles. The highest BCUT2D eigenvalue weighted by Crippen LogP contribution is 2.08. The molecule has 0 fully saturated rings. The third-order valence-corrected chi connectivity index (χ3v) is 1.40. The molecule has 0 aliphatic carbocycles. The quantitative estimate of drug-likeness (QED) is 0.708. The first kappa shape index (κ1) is 11.0. The molecule has 0 saturated heterocycles. The summed E-state index contributed by atoms with van der Waals surface area (Å²) in [6, 6.07) is 7.68. The van der Waals surface area contributed by atoms with Crippen LogP contribution < -0.4 is 5.32 Å². The fourth-order valence-corrected chi connectivity index (χ4v) is 0.825. The van der Waals surface area contributed by atoms with Crippen molar-refractivity contribution >= 4 is 5.69 Å². The molecule has 0 aromatic heterocycles. The minimum Gasteiger partial charge on any atom is -0.392 e. The van der Waals surface area contributed by atoms with E-state index in [0.717, 1.165) is 11.3 Å². The Labute approximate surface area is 74.2 Å². The summed E-state index contributed by atoms with van der Waals surface area (Å²) in [6.45, 7) is 4.11. The second-order valence-corrected chi connectivity index (χ2v) is 2.11. The smallest absolute Gasteiger partial charge is 0.0682 e. The SMILES string of the molecule is CC.CNc1cccc(CO)c1. The fourth-order valence-electron chi connectivity index (χ4n) is 0.825. The van der Waals surface area contributed by atoms with Gasteiger partial charge < -0.3 is 10.4 Å². The van der Waals surface area contributed by atoms with Crippen molar-refractivity contribution in [2.75, 3.05) is 12.4 Å². The molecule has 0 amide bonds. The van der Waals surface area contributed by atoms with Crippen LogP contribution in [0.4, 0.5) is 5.69 Å². The van der Waals surface area contributed by atoms with E-state index in [2.05, 4.69) is 5.32 Å². The van der Waals surface area contributed by atoms with Gasteiger partial charge in [0.1, 0.15) is 0 Å². The van der Waals surface area contributed by atoms with Crippen LogP contribution in [0.2, 0.25) is 0 Å². The van der Waals surface area contributed by atoms with Gasteiger partial charge >= 0.3 is 0 Å². The van der Waals surface area contributed by atoms with E-state index in [-0.39, 0.29) is 6.61 Å². The average molecular weight is 167 g/mol. The van der Waals surface area contributed by atoms with Gasteiger partial charge in [0.25, 0.3) is 0 Å². The molecule has 0 spiro atoms. The number of rotatable bonds is 2. The Morgan fingerprint density at radius 2 is 2.00 bits per heavy atom. The predicted molar refractivity (Wildman–Crippen MR) is 53.3 cm³/mol. The average Bonchev–Trinajstić information content (AvgIpc) is 2.21. The van der Waals surface area contributed by atoms with Crippen molar-refractivity contribution in [2.24, 2.45) is 0 Å². The minimum atomic E-state index is 0.107. The Bertz CT molecular complexity index is 191. The second kappa shape index (κ2) is 6.68. The van der Waals surface area contributed by atoms with Crippen molar-refractivity contribution in [3.8, 4) is 0 Å². The van der Waals surface area contributed by atoms with Gasteiger partial charge in [0.05, 0.1) is 6.61 Å². The van der Waals surface area contributed by atoms with E-state index in [1.807, 2.05) is 45.2 Å². The molecular formula is C10H17NO. The van der Waals surface area contributed by atoms with Crippen LogP contribution in [-0.2, 0) is 6.61 Å². The van der Waals surface area contributed by atoms with Crippen LogP contribution in [0.15, 0.2) is 24.3 Å². The fraction of sp³-hybridized carbons (Fsp3) is 0.400. The molecule has 1 aromatic carbocycles. The molecule has 1 aromatic rings. The first-order valence-electron chi connectivity index (χ1n) is 4.24. The highest BCUT2D eigenvalue weighted by atomic mass is 16.3. The van der Waals surface area contributed by atoms with Crippen molar-refractivity contribution in [3.63, 3.8) is 0 Å². The van der Waals surface area contributed by atoms with Crippen LogP contribution in [0.1, 0.15) is 19.4 Å². The second-order valence-electron chi connectivity index (χ2n) is 2.11. The van der Waals surface area contributed by atoms with Gasteiger partial charge in [-0.05, 0) is 17.7 Å². The van der Waals surface area contributed by atoms with E-state index in [0.29, 0.717) is 0 Å². The third kappa shape index (κ3) is 3.39. The summed E-state index contributed by atoms with van der Waals surface area (Å²) < 4.78 is 0. The summed E-state index contributed by atoms with van der Waals surface area (Å²) >= 11 is 0. The molecular weight excluding hydrogens is 150 g/mol. The molecule has 12 heavy (non-hydrogen) atoms. The van der Waals surface area contributed by atoms with Gasteiger partial charge in [-0.3, -0.25) is 0 Å². The van der Waals surface area contributed by atoms with Crippen molar-refractivity contribution < 1.29 is 5.11 Å². The monoisotopic (exact) mass is 167 g/mol. The maximum absolute atomic E-state index is 8.73. The number of hydrogen-bond donors (Lipinski definition) is 2. The van der Waals surface area contributed by atoms with E-state index >= 15 is 0 Å². The maximum Gasteiger partial charge on any atom is 0.0682 e. The van der Waals surface area contributed by atoms with Crippen LogP contribution in [-0.4, -0.2) is 12.2 Å². The van der Waals surface area contributed by atoms with Crippen LogP contribution in [0.5, 0.6) is 0 Å². The van der Waals surface area contributed by atoms with Gasteiger partial charge in [-0.25, -0.2) is 0 Å². The first-order valence-corrected chi connectivity index (χ1v) is 4.24. The highest BCUT2D eigenvalue weighted by molar-refractivity contribution is 5.44. The lowest BCUT2D eigenvalue weighted by Crippen LogP contribution is -1.89. The minimum absolute atomic E-state index is 0.107. The molecule has 0 unspecified atom stereocenters. The summed E-state index contributed by atoms with van der Waals surface area (Å²) in [5, 5.41) is 11.7. The first-order chi connectivity index (χ1) is 5.86. The van der Waals surface area contributed by atoms with E-state index < -0.39 is 0 Å². The lowest BCUT2D eigenvalue weighted by Gasteiger charge is -2.00. The molecule has 2 heteroatoms. The van der Waals surface area contributed by atoms with Crippen molar-refractivity contribution in [3.05, 3.63) is 29.8 Å². The number of aliphatic hydroxyl groups excluding tert-OH is 1. The van der Waals surface area contributed by atoms with Gasteiger partial charge in [-0.2, -0.15) is 0 Å². The predicted octanol–water partition coefficient (Wildman–Crippen LogP) is 2.25. The molecule has 0 bridgehead atoms. The zero-order valence-corrected chi connectivity index (χ0v) is 7.96. The van der Waals surface area contributed by atoms with Crippen LogP contribution in [0.3, 0.4) is 0 Å². The van der Waals surface area contributed by atoms with Crippen LogP contribution >= 0.6 is 0 Å². The zero-order valence-electron chi connectivity index (χ0n) is 7.96. The molecule has 0 heterocycles. The lowest BCUT2D eigenvalue weighted by molar-refractivity contribution is 0.282. The number of aliphatic hydroxyl groups is 1. The van der Waals surface area contributed by atoms with E-state index in [4.69, 9.17) is 5.11 Å². The lowest BCUT2D eigenvalue weighted by atomic mass is 10.2. The summed E-state index contributed by atoms with van der Waals surface area (Å²) in [7, 11) is 1.86. The molecule has 0 saturated carbocycles. The molecule has 0 radical (unpaired) electrons. The van der Waals surface area contributed by atoms with Crippen molar-refractivity contribution in [1.29, 1.82) is 0 Å². The molecule has 2 N–H and O–H groups in total. The normalized spacial score (nSPS) is 8.33. The molecule has 68 valence electrons. The van der Waals surface area contributed by atoms with Gasteiger partial charge in [-0.15, -0.1) is 0 Å². The van der Waals surface area contributed by atoms with Gasteiger partial charge in [-0.1, -0.05) is 26.0 Å². The summed E-state index contributed by atoms with van der Waals surface area (Å²) in [5.74, 6) is 0. The van der Waals surface area contributed by atoms with Crippen LogP contribution in [0, 0.1) is 0 Å². The third-order valence-electron chi connectivity index (χ3n) is 1.40. The van der Waals surface area contributed by atoms with Crippen molar-refractivity contribution in [1.82, 2.24) is 0 Å². The topological polar surface area (TPSA) is 32.3 Å². The summed E-state index contributed by atoms with van der Waals surface area (Å²) in [5.41, 5.74) is 1.97. The van der Waals surface area contributed by atoms with Crippen LogP contribution in [0.25, 0.3) is 0 Å². The molecule has 2 nitrogen and oxygen atoms in total. The Morgan fingerprint density at radius 1 is 1.33 bits per heavy atom. The number of benzene rings is 1. The molecule has 0 aliphatic rings. The number of hydrogen-bond acceptors (Lipinski definition) is 2. The summed E-state index contributed by atoms with van der Waals surface area (Å²) in [4.78, 5) is 0. The molecule has 1 rings (SSSR count). The standard InChI is InChI=1S/C8H11NO.C2H6/c1-9-8-4-2-3-7(5-8)6-10;1-2/h2-5,9-10H,6H2,1H3;1-2H3. The Kier molecular flexibility index (Phi) is 6.11. The van der Waals surface area contributed by atoms with Crippen molar-refractivity contribution in [2.45, 2.75) is 20.5 Å². The van der Waals surface area contributed by atoms with Gasteiger partial charge in [0.2, 0.25) is 0 Å². The largest absolute Gasteiger partial charge is 0.392 e. The summed E-state index contributed by atoms with van der Waals surface area (Å²) in [6.07, 6.45) is 0. The number of nitrogens with one attached hydrogen (secondary N) is 1. The maximum atomic E-state index is 8.73. The van der Waals surface area contributed by atoms with Gasteiger partial charge in [0.15, 0.2) is 0 Å². The van der Waals surface area contributed by atoms with E-state index in [1.165, 1.54) is 0 Å². The Morgan fingerprint density at radius 3 is 2.50 bits per heavy atom. The number of anilines is 1. The zero-order chi connectivity index (χ0) is 9.40. The van der Waals surface area contributed by atoms with Gasteiger partial charge in [0, 0.05) is 12.7 Å². The Hall–Kier alpha value is -1.02. The molecule has 0 atom stereocenters. The highest BCUT2D eigenvalue weighted by Gasteiger charge is 1.89. The van der Waals surface area contributed by atoms with E-state index in [9.17, 15) is 0 Å². The van der Waals surface area contributed by atoms with E-state index in [1.54, 1.807) is 0 Å².